The molecule has 0 aliphatic carbocycles. The molecule has 11 heavy (non-hydrogen) atoms. The van der Waals surface area contributed by atoms with Crippen LogP contribution in [0.3, 0.4) is 0 Å². The van der Waals surface area contributed by atoms with Crippen molar-refractivity contribution in [1.29, 1.82) is 0 Å². The van der Waals surface area contributed by atoms with Crippen LogP contribution in [-0.4, -0.2) is 21.3 Å². The summed E-state index contributed by atoms with van der Waals surface area (Å²) in [6.45, 7) is 3.66. The molecule has 0 unspecified atom stereocenters. The average molecular weight is 176 g/mol. The van der Waals surface area contributed by atoms with Crippen molar-refractivity contribution in [3.8, 4) is 0 Å². The Hall–Kier alpha value is -0.610. The first-order valence-corrected chi connectivity index (χ1v) is 5.00. The lowest BCUT2D eigenvalue weighted by molar-refractivity contribution is 0.328. The zero-order valence-corrected chi connectivity index (χ0v) is 7.30. The van der Waals surface area contributed by atoms with Crippen molar-refractivity contribution < 1.29 is 12.6 Å². The Morgan fingerprint density at radius 3 is 2.64 bits per heavy atom. The highest BCUT2D eigenvalue weighted by molar-refractivity contribution is 7.85. The quantitative estimate of drug-likeness (QED) is 0.358. The second-order valence-corrected chi connectivity index (χ2v) is 3.62. The molecule has 4 heteroatoms. The van der Waals surface area contributed by atoms with Crippen LogP contribution in [-0.2, 0) is 14.3 Å². The van der Waals surface area contributed by atoms with Crippen LogP contribution in [0.25, 0.3) is 0 Å². The molecule has 0 aliphatic heterocycles. The minimum atomic E-state index is -3.27. The summed E-state index contributed by atoms with van der Waals surface area (Å²) in [5.74, 6) is 0. The minimum Gasteiger partial charge on any atom is -0.270 e. The molecule has 0 heterocycles. The van der Waals surface area contributed by atoms with E-state index in [0.717, 1.165) is 6.26 Å². The Kier molecular flexibility index (Phi) is 4.81. The van der Waals surface area contributed by atoms with Crippen LogP contribution < -0.4 is 0 Å². The molecule has 0 rings (SSSR count). The lowest BCUT2D eigenvalue weighted by atomic mass is 10.4. The molecule has 0 spiro atoms. The molecule has 0 amide bonds. The van der Waals surface area contributed by atoms with Crippen LogP contribution in [0, 0.1) is 0 Å². The molecule has 0 saturated carbocycles. The maximum atomic E-state index is 10.4. The van der Waals surface area contributed by atoms with E-state index in [4.69, 9.17) is 0 Å². The number of hydrogen-bond acceptors (Lipinski definition) is 3. The first-order chi connectivity index (χ1) is 5.06. The molecule has 0 N–H and O–H groups in total. The maximum absolute atomic E-state index is 10.4. The van der Waals surface area contributed by atoms with E-state index in [0.29, 0.717) is 6.42 Å². The number of hydrogen-bond donors (Lipinski definition) is 0. The third-order valence-electron chi connectivity index (χ3n) is 0.854. The third-order valence-corrected chi connectivity index (χ3v) is 1.45. The second-order valence-electron chi connectivity index (χ2n) is 1.98. The summed E-state index contributed by atoms with van der Waals surface area (Å²) in [5.41, 5.74) is 0. The molecule has 0 fully saturated rings. The topological polar surface area (TPSA) is 43.4 Å². The van der Waals surface area contributed by atoms with Crippen LogP contribution in [0.4, 0.5) is 0 Å². The molecule has 0 atom stereocenters. The fourth-order valence-corrected chi connectivity index (χ4v) is 0.859. The maximum Gasteiger partial charge on any atom is 0.264 e. The van der Waals surface area contributed by atoms with Gasteiger partial charge in [0.05, 0.1) is 12.9 Å². The van der Waals surface area contributed by atoms with Gasteiger partial charge in [0.2, 0.25) is 0 Å². The largest absolute Gasteiger partial charge is 0.270 e. The highest BCUT2D eigenvalue weighted by Crippen LogP contribution is 1.90. The van der Waals surface area contributed by atoms with E-state index in [1.165, 1.54) is 0 Å². The Balaban J connectivity index is 3.44. The van der Waals surface area contributed by atoms with Gasteiger partial charge in [0, 0.05) is 0 Å². The van der Waals surface area contributed by atoms with Gasteiger partial charge in [-0.2, -0.15) is 8.42 Å². The Morgan fingerprint density at radius 1 is 1.55 bits per heavy atom. The zero-order valence-electron chi connectivity index (χ0n) is 6.49. The van der Waals surface area contributed by atoms with Crippen molar-refractivity contribution in [1.82, 2.24) is 0 Å². The van der Waals surface area contributed by atoms with E-state index in [-0.39, 0.29) is 6.61 Å². The predicted molar refractivity (Wildman–Crippen MR) is 44.7 cm³/mol. The monoisotopic (exact) mass is 176 g/mol. The molecule has 0 aromatic heterocycles. The van der Waals surface area contributed by atoms with E-state index in [1.807, 2.05) is 0 Å². The van der Waals surface area contributed by atoms with Crippen LogP contribution in [0.15, 0.2) is 24.8 Å². The second kappa shape index (κ2) is 5.09. The van der Waals surface area contributed by atoms with Crippen LogP contribution >= 0.6 is 0 Å². The lowest BCUT2D eigenvalue weighted by Crippen LogP contribution is -2.02. The standard InChI is InChI=1S/C7H12O3S/c1-3-4-5-6-7-10-11(2,8)9/h3-5H,1,6-7H2,2H3/b5-4+. The van der Waals surface area contributed by atoms with Gasteiger partial charge in [-0.1, -0.05) is 24.8 Å². The molecule has 0 saturated heterocycles. The Morgan fingerprint density at radius 2 is 2.18 bits per heavy atom. The predicted octanol–water partition coefficient (Wildman–Crippen LogP) is 1.09. The highest BCUT2D eigenvalue weighted by atomic mass is 32.2. The van der Waals surface area contributed by atoms with Crippen molar-refractivity contribution in [2.45, 2.75) is 6.42 Å². The van der Waals surface area contributed by atoms with Gasteiger partial charge in [0.1, 0.15) is 0 Å². The normalized spacial score (nSPS) is 12.1. The van der Waals surface area contributed by atoms with E-state index in [1.54, 1.807) is 18.2 Å². The molecular weight excluding hydrogens is 164 g/mol. The molecule has 0 aromatic carbocycles. The smallest absolute Gasteiger partial charge is 0.264 e. The molecule has 0 aliphatic rings. The fraction of sp³-hybridized carbons (Fsp3) is 0.429. The van der Waals surface area contributed by atoms with E-state index >= 15 is 0 Å². The molecule has 64 valence electrons. The van der Waals surface area contributed by atoms with E-state index in [2.05, 4.69) is 10.8 Å². The Labute approximate surface area is 67.5 Å². The Bertz CT molecular complexity index is 226. The fourth-order valence-electron chi connectivity index (χ4n) is 0.460. The van der Waals surface area contributed by atoms with Gasteiger partial charge in [-0.3, -0.25) is 4.18 Å². The summed E-state index contributed by atoms with van der Waals surface area (Å²) in [6.07, 6.45) is 6.77. The molecule has 0 aromatic rings. The van der Waals surface area contributed by atoms with Crippen molar-refractivity contribution in [2.24, 2.45) is 0 Å². The third kappa shape index (κ3) is 9.39. The number of rotatable bonds is 5. The van der Waals surface area contributed by atoms with Gasteiger partial charge in [-0.05, 0) is 6.42 Å². The van der Waals surface area contributed by atoms with Crippen molar-refractivity contribution in [3.63, 3.8) is 0 Å². The molecule has 0 radical (unpaired) electrons. The highest BCUT2D eigenvalue weighted by Gasteiger charge is 1.97. The van der Waals surface area contributed by atoms with Crippen molar-refractivity contribution in [3.05, 3.63) is 24.8 Å². The minimum absolute atomic E-state index is 0.198. The summed E-state index contributed by atoms with van der Waals surface area (Å²) < 4.78 is 25.3. The van der Waals surface area contributed by atoms with Gasteiger partial charge in [-0.15, -0.1) is 0 Å². The van der Waals surface area contributed by atoms with Gasteiger partial charge < -0.3 is 0 Å². The lowest BCUT2D eigenvalue weighted by Gasteiger charge is -1.95. The summed E-state index contributed by atoms with van der Waals surface area (Å²) in [4.78, 5) is 0. The summed E-state index contributed by atoms with van der Waals surface area (Å²) in [5, 5.41) is 0. The van der Waals surface area contributed by atoms with Gasteiger partial charge >= 0.3 is 0 Å². The van der Waals surface area contributed by atoms with Crippen LogP contribution in [0.5, 0.6) is 0 Å². The van der Waals surface area contributed by atoms with Gasteiger partial charge in [0.25, 0.3) is 10.1 Å². The van der Waals surface area contributed by atoms with E-state index < -0.39 is 10.1 Å². The van der Waals surface area contributed by atoms with Crippen molar-refractivity contribution in [2.75, 3.05) is 12.9 Å². The SMILES string of the molecule is C=C/C=C/CCOS(C)(=O)=O. The first-order valence-electron chi connectivity index (χ1n) is 3.18. The van der Waals surface area contributed by atoms with Crippen molar-refractivity contribution >= 4 is 10.1 Å². The summed E-state index contributed by atoms with van der Waals surface area (Å²) in [7, 11) is -3.27. The molecular formula is C7H12O3S. The zero-order chi connectivity index (χ0) is 8.74. The molecule has 3 nitrogen and oxygen atoms in total. The van der Waals surface area contributed by atoms with Gasteiger partial charge in [0.15, 0.2) is 0 Å². The number of allylic oxidation sites excluding steroid dienone is 2. The van der Waals surface area contributed by atoms with E-state index in [9.17, 15) is 8.42 Å². The average Bonchev–Trinajstić information content (AvgIpc) is 1.85. The summed E-state index contributed by atoms with van der Waals surface area (Å²) in [6, 6.07) is 0. The molecule has 0 bridgehead atoms. The van der Waals surface area contributed by atoms with Gasteiger partial charge in [-0.25, -0.2) is 0 Å². The van der Waals surface area contributed by atoms with Crippen LogP contribution in [0.2, 0.25) is 0 Å². The first kappa shape index (κ1) is 10.4. The van der Waals surface area contributed by atoms with Crippen LogP contribution in [0.1, 0.15) is 6.42 Å². The summed E-state index contributed by atoms with van der Waals surface area (Å²) >= 11 is 0.